The van der Waals surface area contributed by atoms with E-state index in [0.717, 1.165) is 5.56 Å². The molecule has 0 aliphatic heterocycles. The summed E-state index contributed by atoms with van der Waals surface area (Å²) in [4.78, 5) is 24.4. The zero-order valence-corrected chi connectivity index (χ0v) is 13.8. The number of amides is 1. The van der Waals surface area contributed by atoms with Gasteiger partial charge in [-0.3, -0.25) is 14.2 Å². The molecule has 0 spiro atoms. The van der Waals surface area contributed by atoms with Gasteiger partial charge in [0.05, 0.1) is 11.1 Å². The second kappa shape index (κ2) is 6.09. The van der Waals surface area contributed by atoms with Crippen molar-refractivity contribution in [3.8, 4) is 0 Å². The third kappa shape index (κ3) is 2.90. The van der Waals surface area contributed by atoms with Gasteiger partial charge in [-0.2, -0.15) is 0 Å². The third-order valence-electron chi connectivity index (χ3n) is 3.79. The summed E-state index contributed by atoms with van der Waals surface area (Å²) in [5.41, 5.74) is 2.12. The average molecular weight is 345 g/mol. The van der Waals surface area contributed by atoms with Crippen LogP contribution in [-0.4, -0.2) is 16.4 Å². The van der Waals surface area contributed by atoms with E-state index in [0.29, 0.717) is 21.6 Å². The molecule has 6 heteroatoms. The van der Waals surface area contributed by atoms with Crippen LogP contribution in [0.1, 0.15) is 27.6 Å². The van der Waals surface area contributed by atoms with Crippen LogP contribution in [0.4, 0.5) is 10.1 Å². The van der Waals surface area contributed by atoms with Gasteiger partial charge in [-0.25, -0.2) is 4.39 Å². The number of hydrogen-bond donors (Lipinski definition) is 1. The van der Waals surface area contributed by atoms with Crippen LogP contribution >= 0.6 is 11.6 Å². The van der Waals surface area contributed by atoms with Gasteiger partial charge in [0.15, 0.2) is 0 Å². The molecule has 3 rings (SSSR count). The monoisotopic (exact) mass is 344 g/mol. The standard InChI is InChI=1S/C18H14ClFN2O2/c1-10-7-12(19)3-5-16(10)21-18(24)15-9-22(11(2)23)17-6-4-13(20)8-14(15)17/h3-9H,1-2H3,(H,21,24). The number of hydrogen-bond acceptors (Lipinski definition) is 2. The Labute approximate surface area is 142 Å². The van der Waals surface area contributed by atoms with E-state index >= 15 is 0 Å². The molecule has 0 saturated carbocycles. The van der Waals surface area contributed by atoms with E-state index in [2.05, 4.69) is 5.32 Å². The Hall–Kier alpha value is -2.66. The molecule has 1 heterocycles. The maximum Gasteiger partial charge on any atom is 0.257 e. The lowest BCUT2D eigenvalue weighted by molar-refractivity contribution is 0.0941. The normalized spacial score (nSPS) is 10.8. The van der Waals surface area contributed by atoms with Crippen molar-refractivity contribution in [1.29, 1.82) is 0 Å². The first-order chi connectivity index (χ1) is 11.4. The average Bonchev–Trinajstić information content (AvgIpc) is 2.89. The Kier molecular flexibility index (Phi) is 4.11. The highest BCUT2D eigenvalue weighted by Crippen LogP contribution is 2.25. The summed E-state index contributed by atoms with van der Waals surface area (Å²) in [6.45, 7) is 3.20. The highest BCUT2D eigenvalue weighted by atomic mass is 35.5. The van der Waals surface area contributed by atoms with E-state index in [1.165, 1.54) is 35.9 Å². The third-order valence-corrected chi connectivity index (χ3v) is 4.02. The summed E-state index contributed by atoms with van der Waals surface area (Å²) < 4.78 is 14.9. The number of halogens is 2. The van der Waals surface area contributed by atoms with Crippen LogP contribution in [0.5, 0.6) is 0 Å². The molecule has 3 aromatic rings. The Morgan fingerprint density at radius 3 is 2.58 bits per heavy atom. The van der Waals surface area contributed by atoms with Gasteiger partial charge in [0.25, 0.3) is 5.91 Å². The molecule has 4 nitrogen and oxygen atoms in total. The Bertz CT molecular complexity index is 979. The molecular weight excluding hydrogens is 331 g/mol. The summed E-state index contributed by atoms with van der Waals surface area (Å²) in [7, 11) is 0. The van der Waals surface area contributed by atoms with Crippen molar-refractivity contribution >= 4 is 40.0 Å². The number of anilines is 1. The number of aromatic nitrogens is 1. The lowest BCUT2D eigenvalue weighted by Gasteiger charge is -2.08. The van der Waals surface area contributed by atoms with Crippen molar-refractivity contribution in [2.24, 2.45) is 0 Å². The molecule has 1 amide bonds. The summed E-state index contributed by atoms with van der Waals surface area (Å²) in [5, 5.41) is 3.73. The fraction of sp³-hybridized carbons (Fsp3) is 0.111. The molecule has 24 heavy (non-hydrogen) atoms. The molecule has 0 bridgehead atoms. The fourth-order valence-electron chi connectivity index (χ4n) is 2.60. The molecule has 0 saturated heterocycles. The van der Waals surface area contributed by atoms with E-state index in [9.17, 15) is 14.0 Å². The minimum absolute atomic E-state index is 0.231. The van der Waals surface area contributed by atoms with Gasteiger partial charge >= 0.3 is 0 Å². The zero-order valence-electron chi connectivity index (χ0n) is 13.1. The first-order valence-corrected chi connectivity index (χ1v) is 7.63. The van der Waals surface area contributed by atoms with Gasteiger partial charge in [0.2, 0.25) is 5.91 Å². The molecule has 0 radical (unpaired) electrons. The smallest absolute Gasteiger partial charge is 0.257 e. The predicted octanol–water partition coefficient (Wildman–Crippen LogP) is 4.65. The van der Waals surface area contributed by atoms with E-state index < -0.39 is 11.7 Å². The van der Waals surface area contributed by atoms with Crippen LogP contribution in [0.3, 0.4) is 0 Å². The second-order valence-electron chi connectivity index (χ2n) is 5.51. The number of benzene rings is 2. The Balaban J connectivity index is 2.06. The van der Waals surface area contributed by atoms with Gasteiger partial charge in [0, 0.05) is 29.2 Å². The molecule has 1 N–H and O–H groups in total. The molecule has 0 aliphatic carbocycles. The Morgan fingerprint density at radius 1 is 1.17 bits per heavy atom. The maximum absolute atomic E-state index is 13.6. The Morgan fingerprint density at radius 2 is 1.92 bits per heavy atom. The van der Waals surface area contributed by atoms with Crippen molar-refractivity contribution in [2.75, 3.05) is 5.32 Å². The summed E-state index contributed by atoms with van der Waals surface area (Å²) in [5.74, 6) is -1.15. The predicted molar refractivity (Wildman–Crippen MR) is 92.3 cm³/mol. The van der Waals surface area contributed by atoms with E-state index in [4.69, 9.17) is 11.6 Å². The minimum Gasteiger partial charge on any atom is -0.322 e. The van der Waals surface area contributed by atoms with Crippen LogP contribution in [0.25, 0.3) is 10.9 Å². The molecule has 0 fully saturated rings. The van der Waals surface area contributed by atoms with Gasteiger partial charge in [-0.1, -0.05) is 11.6 Å². The van der Waals surface area contributed by atoms with Crippen molar-refractivity contribution in [3.05, 3.63) is 64.6 Å². The number of aryl methyl sites for hydroxylation is 1. The zero-order chi connectivity index (χ0) is 17.4. The van der Waals surface area contributed by atoms with Gasteiger partial charge in [0.1, 0.15) is 5.82 Å². The second-order valence-corrected chi connectivity index (χ2v) is 5.94. The van der Waals surface area contributed by atoms with Gasteiger partial charge in [-0.05, 0) is 48.9 Å². The first-order valence-electron chi connectivity index (χ1n) is 7.26. The van der Waals surface area contributed by atoms with Crippen LogP contribution < -0.4 is 5.32 Å². The van der Waals surface area contributed by atoms with Gasteiger partial charge in [-0.15, -0.1) is 0 Å². The number of fused-ring (bicyclic) bond motifs is 1. The van der Waals surface area contributed by atoms with Crippen molar-refractivity contribution in [2.45, 2.75) is 13.8 Å². The maximum atomic E-state index is 13.6. The summed E-state index contributed by atoms with van der Waals surface area (Å²) in [6, 6.07) is 9.08. The van der Waals surface area contributed by atoms with E-state index in [1.807, 2.05) is 6.92 Å². The highest BCUT2D eigenvalue weighted by molar-refractivity contribution is 6.30. The number of nitrogens with zero attached hydrogens (tertiary/aromatic N) is 1. The molecule has 1 aromatic heterocycles. The van der Waals surface area contributed by atoms with Crippen LogP contribution in [-0.2, 0) is 0 Å². The molecule has 0 aliphatic rings. The number of carbonyl (C=O) groups is 2. The number of rotatable bonds is 2. The number of nitrogens with one attached hydrogen (secondary N) is 1. The van der Waals surface area contributed by atoms with E-state index in [1.54, 1.807) is 18.2 Å². The minimum atomic E-state index is -0.472. The summed E-state index contributed by atoms with van der Waals surface area (Å²) in [6.07, 6.45) is 1.42. The largest absolute Gasteiger partial charge is 0.322 e. The van der Waals surface area contributed by atoms with Crippen molar-refractivity contribution < 1.29 is 14.0 Å². The molecule has 0 atom stereocenters. The topological polar surface area (TPSA) is 51.1 Å². The fourth-order valence-corrected chi connectivity index (χ4v) is 2.83. The first kappa shape index (κ1) is 16.2. The molecule has 122 valence electrons. The lowest BCUT2D eigenvalue weighted by atomic mass is 10.1. The lowest BCUT2D eigenvalue weighted by Crippen LogP contribution is -2.12. The SMILES string of the molecule is CC(=O)n1cc(C(=O)Nc2ccc(Cl)cc2C)c2cc(F)ccc21. The van der Waals surface area contributed by atoms with Crippen molar-refractivity contribution in [3.63, 3.8) is 0 Å². The van der Waals surface area contributed by atoms with Crippen LogP contribution in [0.2, 0.25) is 5.02 Å². The number of carbonyl (C=O) groups excluding carboxylic acids is 2. The van der Waals surface area contributed by atoms with Crippen LogP contribution in [0, 0.1) is 12.7 Å². The van der Waals surface area contributed by atoms with Crippen LogP contribution in [0.15, 0.2) is 42.6 Å². The molecule has 0 unspecified atom stereocenters. The van der Waals surface area contributed by atoms with Crippen molar-refractivity contribution in [1.82, 2.24) is 4.57 Å². The quantitative estimate of drug-likeness (QED) is 0.735. The molecular formula is C18H14ClFN2O2. The van der Waals surface area contributed by atoms with Gasteiger partial charge < -0.3 is 5.32 Å². The summed E-state index contributed by atoms with van der Waals surface area (Å²) >= 11 is 5.91. The highest BCUT2D eigenvalue weighted by Gasteiger charge is 2.18. The molecule has 2 aromatic carbocycles. The van der Waals surface area contributed by atoms with E-state index in [-0.39, 0.29) is 11.5 Å².